The highest BCUT2D eigenvalue weighted by atomic mass is 35.5. The summed E-state index contributed by atoms with van der Waals surface area (Å²) in [6, 6.07) is 5.60. The minimum absolute atomic E-state index is 0. The topological polar surface area (TPSA) is 22.1 Å². The number of pyridine rings is 1. The molecule has 2 nitrogen and oxygen atoms in total. The minimum Gasteiger partial charge on any atom is -0.478 e. The summed E-state index contributed by atoms with van der Waals surface area (Å²) in [7, 11) is 0. The van der Waals surface area contributed by atoms with Gasteiger partial charge in [0.25, 0.3) is 0 Å². The van der Waals surface area contributed by atoms with E-state index in [4.69, 9.17) is 4.74 Å². The quantitative estimate of drug-likeness (QED) is 0.724. The number of nitrogens with zero attached hydrogens (tertiary/aromatic N) is 1. The Bertz CT molecular complexity index is 169. The maximum absolute atomic E-state index is 5.09. The predicted octanol–water partition coefficient (Wildman–Crippen LogP) is 2.32. The number of ether oxygens (including phenoxy) is 1. The average molecular weight is 196 g/mol. The first-order valence-corrected chi connectivity index (χ1v) is 2.97. The van der Waals surface area contributed by atoms with E-state index in [-0.39, 0.29) is 24.8 Å². The van der Waals surface area contributed by atoms with Crippen LogP contribution in [-0.4, -0.2) is 11.6 Å². The smallest absolute Gasteiger partial charge is 0.213 e. The molecule has 0 bridgehead atoms. The number of halogens is 2. The Kier molecular flexibility index (Phi) is 9.12. The zero-order valence-electron chi connectivity index (χ0n) is 6.19. The highest BCUT2D eigenvalue weighted by molar-refractivity contribution is 5.85. The van der Waals surface area contributed by atoms with Crippen molar-refractivity contribution in [2.24, 2.45) is 0 Å². The monoisotopic (exact) mass is 195 g/mol. The van der Waals surface area contributed by atoms with Gasteiger partial charge in [-0.3, -0.25) is 0 Å². The fourth-order valence-electron chi connectivity index (χ4n) is 0.580. The molecule has 1 heterocycles. The molecule has 0 aliphatic carbocycles. The van der Waals surface area contributed by atoms with Gasteiger partial charge in [-0.2, -0.15) is 0 Å². The third kappa shape index (κ3) is 4.87. The number of rotatable bonds is 2. The van der Waals surface area contributed by atoms with Gasteiger partial charge >= 0.3 is 0 Å². The van der Waals surface area contributed by atoms with E-state index < -0.39 is 0 Å². The van der Waals surface area contributed by atoms with Crippen LogP contribution in [0.25, 0.3) is 0 Å². The van der Waals surface area contributed by atoms with Gasteiger partial charge in [0.15, 0.2) is 0 Å². The minimum atomic E-state index is 0. The summed E-state index contributed by atoms with van der Waals surface area (Å²) in [6.07, 6.45) is 1.71. The summed E-state index contributed by atoms with van der Waals surface area (Å²) in [5.74, 6) is 0.694. The van der Waals surface area contributed by atoms with Crippen LogP contribution in [0.15, 0.2) is 24.4 Å². The van der Waals surface area contributed by atoms with Crippen molar-refractivity contribution in [3.63, 3.8) is 0 Å². The summed E-state index contributed by atoms with van der Waals surface area (Å²) in [5, 5.41) is 0. The number of aromatic nitrogens is 1. The van der Waals surface area contributed by atoms with E-state index in [9.17, 15) is 0 Å². The van der Waals surface area contributed by atoms with Crippen LogP contribution in [0, 0.1) is 0 Å². The molecule has 0 atom stereocenters. The summed E-state index contributed by atoms with van der Waals surface area (Å²) >= 11 is 0. The van der Waals surface area contributed by atoms with Crippen molar-refractivity contribution < 1.29 is 4.74 Å². The van der Waals surface area contributed by atoms with Crippen molar-refractivity contribution in [1.29, 1.82) is 0 Å². The largest absolute Gasteiger partial charge is 0.478 e. The molecule has 64 valence electrons. The van der Waals surface area contributed by atoms with Gasteiger partial charge in [0.2, 0.25) is 5.88 Å². The van der Waals surface area contributed by atoms with E-state index >= 15 is 0 Å². The lowest BCUT2D eigenvalue weighted by atomic mass is 10.5. The van der Waals surface area contributed by atoms with Crippen molar-refractivity contribution in [3.05, 3.63) is 24.4 Å². The molecule has 0 aliphatic rings. The Hall–Kier alpha value is -0.470. The Balaban J connectivity index is 0. The second-order valence-electron chi connectivity index (χ2n) is 1.60. The van der Waals surface area contributed by atoms with Crippen LogP contribution in [-0.2, 0) is 0 Å². The first kappa shape index (κ1) is 13.1. The molecular weight excluding hydrogens is 185 g/mol. The fourth-order valence-corrected chi connectivity index (χ4v) is 0.580. The van der Waals surface area contributed by atoms with E-state index in [0.29, 0.717) is 12.5 Å². The van der Waals surface area contributed by atoms with Gasteiger partial charge in [-0.25, -0.2) is 4.98 Å². The first-order chi connectivity index (χ1) is 4.43. The maximum Gasteiger partial charge on any atom is 0.213 e. The Morgan fingerprint density at radius 1 is 1.36 bits per heavy atom. The van der Waals surface area contributed by atoms with E-state index in [2.05, 4.69) is 4.98 Å². The van der Waals surface area contributed by atoms with E-state index in [1.54, 1.807) is 6.20 Å². The van der Waals surface area contributed by atoms with E-state index in [1.165, 1.54) is 0 Å². The van der Waals surface area contributed by atoms with Gasteiger partial charge in [-0.15, -0.1) is 24.8 Å². The summed E-state index contributed by atoms with van der Waals surface area (Å²) in [6.45, 7) is 2.62. The standard InChI is InChI=1S/C7H9NO.2ClH/c1-2-9-7-5-3-4-6-8-7;;/h3-6H,2H2,1H3;2*1H. The highest BCUT2D eigenvalue weighted by Gasteiger charge is 1.85. The van der Waals surface area contributed by atoms with E-state index in [1.807, 2.05) is 25.1 Å². The SMILES string of the molecule is CCOc1ccccn1.Cl.Cl. The highest BCUT2D eigenvalue weighted by Crippen LogP contribution is 2.01. The van der Waals surface area contributed by atoms with Crippen LogP contribution < -0.4 is 4.74 Å². The summed E-state index contributed by atoms with van der Waals surface area (Å²) in [5.41, 5.74) is 0. The van der Waals surface area contributed by atoms with Crippen molar-refractivity contribution >= 4 is 24.8 Å². The predicted molar refractivity (Wildman–Crippen MR) is 49.9 cm³/mol. The molecule has 0 aromatic carbocycles. The average Bonchev–Trinajstić information content (AvgIpc) is 1.91. The molecule has 0 spiro atoms. The van der Waals surface area contributed by atoms with Crippen LogP contribution in [0.5, 0.6) is 5.88 Å². The van der Waals surface area contributed by atoms with Crippen LogP contribution in [0.3, 0.4) is 0 Å². The summed E-state index contributed by atoms with van der Waals surface area (Å²) < 4.78 is 5.09. The maximum atomic E-state index is 5.09. The molecular formula is C7H11Cl2NO. The van der Waals surface area contributed by atoms with Gasteiger partial charge in [-0.1, -0.05) is 6.07 Å². The molecule has 1 rings (SSSR count). The van der Waals surface area contributed by atoms with Crippen LogP contribution >= 0.6 is 24.8 Å². The molecule has 4 heteroatoms. The Morgan fingerprint density at radius 3 is 2.55 bits per heavy atom. The zero-order valence-corrected chi connectivity index (χ0v) is 7.82. The molecule has 0 saturated carbocycles. The molecule has 1 aromatic rings. The van der Waals surface area contributed by atoms with Crippen molar-refractivity contribution in [2.75, 3.05) is 6.61 Å². The fraction of sp³-hybridized carbons (Fsp3) is 0.286. The molecule has 0 fully saturated rings. The lowest BCUT2D eigenvalue weighted by molar-refractivity contribution is 0.327. The van der Waals surface area contributed by atoms with Gasteiger partial charge in [0.1, 0.15) is 0 Å². The summed E-state index contributed by atoms with van der Waals surface area (Å²) in [4.78, 5) is 3.95. The second kappa shape index (κ2) is 7.63. The van der Waals surface area contributed by atoms with Gasteiger partial charge in [0, 0.05) is 12.3 Å². The lowest BCUT2D eigenvalue weighted by Crippen LogP contribution is -1.92. The molecule has 0 aliphatic heterocycles. The molecule has 11 heavy (non-hydrogen) atoms. The Labute approximate surface area is 78.8 Å². The molecule has 0 saturated heterocycles. The molecule has 0 radical (unpaired) electrons. The van der Waals surface area contributed by atoms with Crippen molar-refractivity contribution in [1.82, 2.24) is 4.98 Å². The zero-order chi connectivity index (χ0) is 6.53. The molecule has 0 unspecified atom stereocenters. The molecule has 0 amide bonds. The number of hydrogen-bond acceptors (Lipinski definition) is 2. The normalized spacial score (nSPS) is 7.36. The van der Waals surface area contributed by atoms with Crippen molar-refractivity contribution in [3.8, 4) is 5.88 Å². The second-order valence-corrected chi connectivity index (χ2v) is 1.60. The van der Waals surface area contributed by atoms with Crippen molar-refractivity contribution in [2.45, 2.75) is 6.92 Å². The third-order valence-corrected chi connectivity index (χ3v) is 0.930. The van der Waals surface area contributed by atoms with Gasteiger partial charge < -0.3 is 4.74 Å². The van der Waals surface area contributed by atoms with Crippen LogP contribution in [0.4, 0.5) is 0 Å². The third-order valence-electron chi connectivity index (χ3n) is 0.930. The van der Waals surface area contributed by atoms with Gasteiger partial charge in [-0.05, 0) is 13.0 Å². The van der Waals surface area contributed by atoms with Crippen LogP contribution in [0.1, 0.15) is 6.92 Å². The lowest BCUT2D eigenvalue weighted by Gasteiger charge is -1.97. The molecule has 1 aromatic heterocycles. The first-order valence-electron chi connectivity index (χ1n) is 2.97. The van der Waals surface area contributed by atoms with Gasteiger partial charge in [0.05, 0.1) is 6.61 Å². The number of hydrogen-bond donors (Lipinski definition) is 0. The Morgan fingerprint density at radius 2 is 2.09 bits per heavy atom. The molecule has 0 N–H and O–H groups in total. The van der Waals surface area contributed by atoms with E-state index in [0.717, 1.165) is 0 Å². The van der Waals surface area contributed by atoms with Crippen LogP contribution in [0.2, 0.25) is 0 Å².